The summed E-state index contributed by atoms with van der Waals surface area (Å²) in [5.74, 6) is 2.95. The van der Waals surface area contributed by atoms with Crippen LogP contribution in [0.3, 0.4) is 0 Å². The summed E-state index contributed by atoms with van der Waals surface area (Å²) in [4.78, 5) is 0. The Morgan fingerprint density at radius 1 is 0.655 bits per heavy atom. The van der Waals surface area contributed by atoms with Crippen molar-refractivity contribution < 1.29 is 0 Å². The van der Waals surface area contributed by atoms with Crippen molar-refractivity contribution >= 4 is 0 Å². The second-order valence-electron chi connectivity index (χ2n) is 10.7. The van der Waals surface area contributed by atoms with Gasteiger partial charge in [-0.05, 0) is 62.7 Å². The van der Waals surface area contributed by atoms with Crippen molar-refractivity contribution in [1.82, 2.24) is 0 Å². The Bertz CT molecular complexity index is 432. The lowest BCUT2D eigenvalue weighted by Crippen LogP contribution is -2.31. The van der Waals surface area contributed by atoms with E-state index < -0.39 is 0 Å². The Hall–Kier alpha value is -0.510. The van der Waals surface area contributed by atoms with Crippen LogP contribution >= 0.6 is 0 Å². The van der Waals surface area contributed by atoms with E-state index in [-0.39, 0.29) is 5.41 Å². The fourth-order valence-corrected chi connectivity index (χ4v) is 6.31. The van der Waals surface area contributed by atoms with Crippen LogP contribution in [0.15, 0.2) is 0 Å². The van der Waals surface area contributed by atoms with E-state index >= 15 is 0 Å². The molecular weight excluding hydrogens is 350 g/mol. The van der Waals surface area contributed by atoms with Crippen LogP contribution in [-0.2, 0) is 0 Å². The molecule has 2 rings (SSSR count). The predicted molar refractivity (Wildman–Crippen MR) is 127 cm³/mol. The number of rotatable bonds is 14. The van der Waals surface area contributed by atoms with Crippen molar-refractivity contribution in [3.05, 3.63) is 0 Å². The van der Waals surface area contributed by atoms with Gasteiger partial charge in [0.05, 0.1) is 11.5 Å². The van der Waals surface area contributed by atoms with E-state index in [1.54, 1.807) is 0 Å². The van der Waals surface area contributed by atoms with Crippen LogP contribution in [0.4, 0.5) is 0 Å². The largest absolute Gasteiger partial charge is 0.198 e. The Morgan fingerprint density at radius 2 is 1.17 bits per heavy atom. The topological polar surface area (TPSA) is 23.8 Å². The molecule has 0 heterocycles. The molecule has 0 unspecified atom stereocenters. The minimum atomic E-state index is 0.0411. The Balaban J connectivity index is 1.55. The summed E-state index contributed by atoms with van der Waals surface area (Å²) in [5, 5.41) is 9.80. The van der Waals surface area contributed by atoms with Gasteiger partial charge in [0, 0.05) is 0 Å². The van der Waals surface area contributed by atoms with Crippen molar-refractivity contribution in [2.45, 2.75) is 149 Å². The zero-order valence-electron chi connectivity index (χ0n) is 20.0. The molecule has 1 heteroatoms. The second-order valence-corrected chi connectivity index (χ2v) is 10.7. The van der Waals surface area contributed by atoms with Gasteiger partial charge in [-0.25, -0.2) is 0 Å². The van der Waals surface area contributed by atoms with Crippen molar-refractivity contribution in [2.75, 3.05) is 0 Å². The number of nitrogens with zero attached hydrogens (tertiary/aromatic N) is 1. The molecule has 0 aromatic rings. The fourth-order valence-electron chi connectivity index (χ4n) is 6.31. The molecule has 0 bridgehead atoms. The van der Waals surface area contributed by atoms with Crippen LogP contribution in [0.2, 0.25) is 0 Å². The lowest BCUT2D eigenvalue weighted by molar-refractivity contribution is 0.114. The highest BCUT2D eigenvalue weighted by molar-refractivity contribution is 5.02. The number of nitriles is 1. The van der Waals surface area contributed by atoms with E-state index in [0.29, 0.717) is 0 Å². The summed E-state index contributed by atoms with van der Waals surface area (Å²) >= 11 is 0. The van der Waals surface area contributed by atoms with Gasteiger partial charge < -0.3 is 0 Å². The standard InChI is InChI=1S/C28H51N/c1-3-5-7-8-9-10-11-12-14-25-15-17-26(18-16-25)27-19-22-28(24-29,23-20-27)21-13-6-4-2/h25-27H,3-23H2,1-2H3/t25?,26?,27-,28+. The summed E-state index contributed by atoms with van der Waals surface area (Å²) in [7, 11) is 0. The summed E-state index contributed by atoms with van der Waals surface area (Å²) in [6.07, 6.45) is 29.1. The predicted octanol–water partition coefficient (Wildman–Crippen LogP) is 9.60. The van der Waals surface area contributed by atoms with Crippen molar-refractivity contribution in [3.63, 3.8) is 0 Å². The normalized spacial score (nSPS) is 30.2. The van der Waals surface area contributed by atoms with Gasteiger partial charge in [0.1, 0.15) is 0 Å². The van der Waals surface area contributed by atoms with Crippen LogP contribution in [0.5, 0.6) is 0 Å². The second kappa shape index (κ2) is 14.5. The highest BCUT2D eigenvalue weighted by atomic mass is 14.4. The maximum absolute atomic E-state index is 9.80. The maximum atomic E-state index is 9.80. The zero-order valence-corrected chi connectivity index (χ0v) is 20.0. The molecule has 0 aromatic carbocycles. The number of hydrogen-bond acceptors (Lipinski definition) is 1. The van der Waals surface area contributed by atoms with E-state index in [1.165, 1.54) is 128 Å². The van der Waals surface area contributed by atoms with Gasteiger partial charge in [-0.15, -0.1) is 0 Å². The lowest BCUT2D eigenvalue weighted by atomic mass is 9.63. The molecule has 0 aliphatic heterocycles. The first kappa shape index (κ1) is 24.8. The van der Waals surface area contributed by atoms with Crippen LogP contribution in [0, 0.1) is 34.5 Å². The van der Waals surface area contributed by atoms with E-state index in [0.717, 1.165) is 24.2 Å². The van der Waals surface area contributed by atoms with Crippen molar-refractivity contribution in [1.29, 1.82) is 5.26 Å². The van der Waals surface area contributed by atoms with E-state index in [9.17, 15) is 5.26 Å². The molecule has 2 aliphatic carbocycles. The third-order valence-corrected chi connectivity index (χ3v) is 8.51. The van der Waals surface area contributed by atoms with Gasteiger partial charge in [-0.1, -0.05) is 104 Å². The first-order valence-corrected chi connectivity index (χ1v) is 13.6. The molecule has 0 amide bonds. The average molecular weight is 402 g/mol. The summed E-state index contributed by atoms with van der Waals surface area (Å²) < 4.78 is 0. The molecule has 2 saturated carbocycles. The third-order valence-electron chi connectivity index (χ3n) is 8.51. The highest BCUT2D eigenvalue weighted by Gasteiger charge is 2.38. The molecule has 0 radical (unpaired) electrons. The number of unbranched alkanes of at least 4 members (excludes halogenated alkanes) is 9. The molecule has 29 heavy (non-hydrogen) atoms. The van der Waals surface area contributed by atoms with Gasteiger partial charge in [0.25, 0.3) is 0 Å². The summed E-state index contributed by atoms with van der Waals surface area (Å²) in [5.41, 5.74) is 0.0411. The number of hydrogen-bond donors (Lipinski definition) is 0. The van der Waals surface area contributed by atoms with Gasteiger partial charge in [-0.2, -0.15) is 5.26 Å². The van der Waals surface area contributed by atoms with Gasteiger partial charge in [0.15, 0.2) is 0 Å². The molecule has 0 saturated heterocycles. The fraction of sp³-hybridized carbons (Fsp3) is 0.964. The Morgan fingerprint density at radius 3 is 1.76 bits per heavy atom. The maximum Gasteiger partial charge on any atom is 0.0689 e. The smallest absolute Gasteiger partial charge is 0.0689 e. The molecule has 2 fully saturated rings. The zero-order chi connectivity index (χ0) is 20.8. The monoisotopic (exact) mass is 401 g/mol. The molecule has 2 aliphatic rings. The lowest BCUT2D eigenvalue weighted by Gasteiger charge is -2.41. The first-order chi connectivity index (χ1) is 14.2. The molecule has 0 aromatic heterocycles. The first-order valence-electron chi connectivity index (χ1n) is 13.6. The quantitative estimate of drug-likeness (QED) is 0.266. The van der Waals surface area contributed by atoms with Crippen LogP contribution in [-0.4, -0.2) is 0 Å². The van der Waals surface area contributed by atoms with Crippen molar-refractivity contribution in [3.8, 4) is 6.07 Å². The molecule has 0 N–H and O–H groups in total. The Kier molecular flexibility index (Phi) is 12.4. The van der Waals surface area contributed by atoms with Crippen LogP contribution in [0.25, 0.3) is 0 Å². The van der Waals surface area contributed by atoms with E-state index in [1.807, 2.05) is 0 Å². The molecule has 0 spiro atoms. The summed E-state index contributed by atoms with van der Waals surface area (Å²) in [6, 6.07) is 2.75. The summed E-state index contributed by atoms with van der Waals surface area (Å²) in [6.45, 7) is 4.57. The van der Waals surface area contributed by atoms with Crippen LogP contribution in [0.1, 0.15) is 149 Å². The van der Waals surface area contributed by atoms with E-state index in [2.05, 4.69) is 19.9 Å². The van der Waals surface area contributed by atoms with E-state index in [4.69, 9.17) is 0 Å². The minimum absolute atomic E-state index is 0.0411. The molecule has 0 atom stereocenters. The third kappa shape index (κ3) is 9.02. The van der Waals surface area contributed by atoms with Crippen molar-refractivity contribution in [2.24, 2.45) is 23.2 Å². The van der Waals surface area contributed by atoms with Crippen LogP contribution < -0.4 is 0 Å². The van der Waals surface area contributed by atoms with Gasteiger partial charge in [-0.3, -0.25) is 0 Å². The minimum Gasteiger partial charge on any atom is -0.198 e. The molecule has 168 valence electrons. The highest BCUT2D eigenvalue weighted by Crippen LogP contribution is 2.47. The molecular formula is C28H51N. The SMILES string of the molecule is CCCCCCCCCCC1CCC([C@H]2CC[C@](C#N)(CCCCC)CC2)CC1. The van der Waals surface area contributed by atoms with Gasteiger partial charge in [0.2, 0.25) is 0 Å². The van der Waals surface area contributed by atoms with Gasteiger partial charge >= 0.3 is 0 Å². The molecule has 1 nitrogen and oxygen atoms in total. The average Bonchev–Trinajstić information content (AvgIpc) is 2.77. The Labute approximate surface area is 183 Å².